The van der Waals surface area contributed by atoms with Crippen molar-refractivity contribution in [1.82, 2.24) is 0 Å². The van der Waals surface area contributed by atoms with Gasteiger partial charge in [0.15, 0.2) is 0 Å². The summed E-state index contributed by atoms with van der Waals surface area (Å²) in [7, 11) is -2.07. The fourth-order valence-electron chi connectivity index (χ4n) is 3.42. The quantitative estimate of drug-likeness (QED) is 0.675. The number of hydrogen-bond acceptors (Lipinski definition) is 5. The van der Waals surface area contributed by atoms with E-state index in [1.807, 2.05) is 53.9 Å². The highest BCUT2D eigenvalue weighted by Gasteiger charge is 2.50. The minimum atomic E-state index is -3.11. The molecule has 1 aromatic rings. The molecule has 1 saturated heterocycles. The van der Waals surface area contributed by atoms with Gasteiger partial charge in [-0.15, -0.1) is 23.5 Å². The summed E-state index contributed by atoms with van der Waals surface area (Å²) in [5, 5.41) is 1.26. The van der Waals surface area contributed by atoms with E-state index in [-0.39, 0.29) is 9.83 Å². The molecule has 1 aliphatic carbocycles. The molecule has 2 heterocycles. The van der Waals surface area contributed by atoms with E-state index in [0.717, 1.165) is 21.3 Å². The molecular formula is C16H18O2S4. The molecular weight excluding hydrogens is 352 g/mol. The minimum Gasteiger partial charge on any atom is -0.217 e. The molecule has 0 radical (unpaired) electrons. The topological polar surface area (TPSA) is 34.1 Å². The Labute approximate surface area is 144 Å². The Kier molecular flexibility index (Phi) is 4.08. The number of rotatable bonds is 1. The lowest BCUT2D eigenvalue weighted by molar-refractivity contribution is 0.532. The normalized spacial score (nSPS) is 36.8. The van der Waals surface area contributed by atoms with E-state index in [2.05, 4.69) is 6.08 Å². The van der Waals surface area contributed by atoms with Crippen LogP contribution in [-0.4, -0.2) is 28.7 Å². The van der Waals surface area contributed by atoms with Crippen molar-refractivity contribution in [1.29, 1.82) is 0 Å². The summed E-state index contributed by atoms with van der Waals surface area (Å²) < 4.78 is 24.7. The smallest absolute Gasteiger partial charge is 0.208 e. The Morgan fingerprint density at radius 1 is 1.00 bits per heavy atom. The first-order valence-corrected chi connectivity index (χ1v) is 12.4. The molecule has 1 spiro atoms. The van der Waals surface area contributed by atoms with Gasteiger partial charge in [0.1, 0.15) is 0 Å². The van der Waals surface area contributed by atoms with E-state index in [4.69, 9.17) is 0 Å². The summed E-state index contributed by atoms with van der Waals surface area (Å²) in [6.07, 6.45) is 7.31. The molecule has 6 heteroatoms. The molecule has 0 aromatic heterocycles. The highest BCUT2D eigenvalue weighted by Crippen LogP contribution is 2.61. The van der Waals surface area contributed by atoms with Gasteiger partial charge >= 0.3 is 0 Å². The molecule has 2 fully saturated rings. The van der Waals surface area contributed by atoms with Gasteiger partial charge in [0, 0.05) is 26.2 Å². The van der Waals surface area contributed by atoms with Gasteiger partial charge in [-0.2, -0.15) is 0 Å². The highest BCUT2D eigenvalue weighted by atomic mass is 33.1. The second-order valence-electron chi connectivity index (χ2n) is 6.07. The van der Waals surface area contributed by atoms with E-state index < -0.39 is 8.87 Å². The Morgan fingerprint density at radius 2 is 1.64 bits per heavy atom. The molecule has 1 saturated carbocycles. The van der Waals surface area contributed by atoms with Crippen LogP contribution < -0.4 is 0 Å². The van der Waals surface area contributed by atoms with Gasteiger partial charge in [0.2, 0.25) is 8.87 Å². The van der Waals surface area contributed by atoms with E-state index in [0.29, 0.717) is 10.5 Å². The van der Waals surface area contributed by atoms with Crippen LogP contribution in [0.1, 0.15) is 31.2 Å². The van der Waals surface area contributed by atoms with Crippen LogP contribution in [-0.2, 0) is 8.87 Å². The Bertz CT molecular complexity index is 682. The maximum atomic E-state index is 12.5. The Hall–Kier alpha value is -0.0400. The van der Waals surface area contributed by atoms with Crippen molar-refractivity contribution in [2.75, 3.05) is 5.75 Å². The molecule has 3 aliphatic rings. The lowest BCUT2D eigenvalue weighted by Crippen LogP contribution is -2.28. The van der Waals surface area contributed by atoms with Crippen molar-refractivity contribution in [3.8, 4) is 0 Å². The summed E-state index contributed by atoms with van der Waals surface area (Å²) in [5.74, 6) is 0.267. The van der Waals surface area contributed by atoms with Gasteiger partial charge in [-0.1, -0.05) is 43.2 Å². The maximum Gasteiger partial charge on any atom is 0.208 e. The third-order valence-electron chi connectivity index (χ3n) is 4.35. The van der Waals surface area contributed by atoms with Crippen molar-refractivity contribution in [2.24, 2.45) is 0 Å². The predicted octanol–water partition coefficient (Wildman–Crippen LogP) is 4.59. The first kappa shape index (κ1) is 15.5. The lowest BCUT2D eigenvalue weighted by Gasteiger charge is -2.29. The first-order valence-electron chi connectivity index (χ1n) is 7.61. The second kappa shape index (κ2) is 5.80. The zero-order valence-electron chi connectivity index (χ0n) is 12.1. The zero-order chi connectivity index (χ0) is 15.2. The predicted molar refractivity (Wildman–Crippen MR) is 99.8 cm³/mol. The average molecular weight is 371 g/mol. The second-order valence-corrected chi connectivity index (χ2v) is 13.5. The van der Waals surface area contributed by atoms with Gasteiger partial charge in [0.25, 0.3) is 0 Å². The van der Waals surface area contributed by atoms with E-state index in [1.165, 1.54) is 25.7 Å². The molecule has 2 unspecified atom stereocenters. The molecule has 4 rings (SSSR count). The fraction of sp³-hybridized carbons (Fsp3) is 0.500. The third kappa shape index (κ3) is 2.99. The highest BCUT2D eigenvalue weighted by molar-refractivity contribution is 8.75. The van der Waals surface area contributed by atoms with Gasteiger partial charge in [0.05, 0.1) is 9.83 Å². The Morgan fingerprint density at radius 3 is 2.27 bits per heavy atom. The molecule has 118 valence electrons. The summed E-state index contributed by atoms with van der Waals surface area (Å²) in [5.41, 5.74) is 1.02. The summed E-state index contributed by atoms with van der Waals surface area (Å²) in [6.45, 7) is 0. The van der Waals surface area contributed by atoms with Crippen LogP contribution in [0.3, 0.4) is 0 Å². The molecule has 0 amide bonds. The van der Waals surface area contributed by atoms with Crippen molar-refractivity contribution >= 4 is 48.1 Å². The number of thioether (sulfide) groups is 2. The van der Waals surface area contributed by atoms with Crippen LogP contribution >= 0.6 is 34.3 Å². The SMILES string of the molecule is O=S1(=O)CC2(C=C(c3ccccc3)S1)SC1CCCCC1S2. The molecule has 0 N–H and O–H groups in total. The summed E-state index contributed by atoms with van der Waals surface area (Å²) in [4.78, 5) is 0.908. The van der Waals surface area contributed by atoms with Crippen LogP contribution in [0.4, 0.5) is 0 Å². The zero-order valence-corrected chi connectivity index (χ0v) is 15.4. The number of fused-ring (bicyclic) bond motifs is 1. The van der Waals surface area contributed by atoms with Crippen LogP contribution in [0.15, 0.2) is 36.4 Å². The van der Waals surface area contributed by atoms with Crippen molar-refractivity contribution in [2.45, 2.75) is 40.3 Å². The fourth-order valence-corrected chi connectivity index (χ4v) is 12.7. The minimum absolute atomic E-state index is 0.267. The lowest BCUT2D eigenvalue weighted by atomic mass is 10.00. The molecule has 1 aromatic carbocycles. The molecule has 2 nitrogen and oxygen atoms in total. The summed E-state index contributed by atoms with van der Waals surface area (Å²) >= 11 is 3.83. The van der Waals surface area contributed by atoms with Crippen LogP contribution in [0.2, 0.25) is 0 Å². The van der Waals surface area contributed by atoms with Crippen molar-refractivity contribution < 1.29 is 8.42 Å². The monoisotopic (exact) mass is 370 g/mol. The van der Waals surface area contributed by atoms with E-state index >= 15 is 0 Å². The Balaban J connectivity index is 1.73. The van der Waals surface area contributed by atoms with Crippen LogP contribution in [0.25, 0.3) is 4.91 Å². The van der Waals surface area contributed by atoms with E-state index in [1.54, 1.807) is 0 Å². The van der Waals surface area contributed by atoms with Crippen LogP contribution in [0, 0.1) is 0 Å². The summed E-state index contributed by atoms with van der Waals surface area (Å²) in [6, 6.07) is 9.92. The third-order valence-corrected chi connectivity index (χ3v) is 11.8. The van der Waals surface area contributed by atoms with Gasteiger partial charge in [-0.25, -0.2) is 8.42 Å². The molecule has 2 aliphatic heterocycles. The standard InChI is InChI=1S/C16H18O2S4/c17-22(18)11-16(19-13-8-4-5-9-14(13)20-16)10-15(21-22)12-6-2-1-3-7-12/h1-3,6-7,10,13-14H,4-5,8-9,11H2. The average Bonchev–Trinajstić information content (AvgIpc) is 2.83. The van der Waals surface area contributed by atoms with Gasteiger partial charge < -0.3 is 0 Å². The largest absolute Gasteiger partial charge is 0.217 e. The number of benzene rings is 1. The van der Waals surface area contributed by atoms with Crippen molar-refractivity contribution in [3.05, 3.63) is 42.0 Å². The molecule has 0 bridgehead atoms. The van der Waals surface area contributed by atoms with Crippen molar-refractivity contribution in [3.63, 3.8) is 0 Å². The van der Waals surface area contributed by atoms with Gasteiger partial charge in [-0.3, -0.25) is 0 Å². The van der Waals surface area contributed by atoms with Gasteiger partial charge in [-0.05, 0) is 24.5 Å². The number of hydrogen-bond donors (Lipinski definition) is 0. The van der Waals surface area contributed by atoms with E-state index in [9.17, 15) is 8.42 Å². The molecule has 22 heavy (non-hydrogen) atoms. The first-order chi connectivity index (χ1) is 10.6. The maximum absolute atomic E-state index is 12.5. The van der Waals surface area contributed by atoms with Crippen LogP contribution in [0.5, 0.6) is 0 Å². The molecule has 2 atom stereocenters.